The fraction of sp³-hybridized carbons (Fsp3) is 0.273. The van der Waals surface area contributed by atoms with Gasteiger partial charge in [-0.2, -0.15) is 4.99 Å². The van der Waals surface area contributed by atoms with Crippen molar-refractivity contribution in [2.75, 3.05) is 21.3 Å². The maximum Gasteiger partial charge on any atom is 0.219 e. The summed E-state index contributed by atoms with van der Waals surface area (Å²) in [5, 5.41) is 8.42. The van der Waals surface area contributed by atoms with Crippen LogP contribution in [0.3, 0.4) is 0 Å². The van der Waals surface area contributed by atoms with E-state index in [0.717, 1.165) is 24.1 Å². The summed E-state index contributed by atoms with van der Waals surface area (Å²) < 4.78 is 16.4. The molecule has 0 saturated carbocycles. The molecule has 2 aliphatic rings. The van der Waals surface area contributed by atoms with Gasteiger partial charge in [0.15, 0.2) is 17.3 Å². The van der Waals surface area contributed by atoms with Crippen molar-refractivity contribution in [3.63, 3.8) is 0 Å². The third-order valence-corrected chi connectivity index (χ3v) is 5.50. The molecule has 0 fully saturated rings. The second-order valence-electron chi connectivity index (χ2n) is 7.16. The van der Waals surface area contributed by atoms with Gasteiger partial charge in [-0.3, -0.25) is 5.41 Å². The van der Waals surface area contributed by atoms with Gasteiger partial charge >= 0.3 is 0 Å². The molecule has 9 nitrogen and oxygen atoms in total. The smallest absolute Gasteiger partial charge is 0.219 e. The van der Waals surface area contributed by atoms with Crippen LogP contribution in [-0.2, 0) is 12.0 Å². The van der Waals surface area contributed by atoms with E-state index in [-0.39, 0.29) is 17.6 Å². The lowest BCUT2D eigenvalue weighted by atomic mass is 9.87. The fourth-order valence-electron chi connectivity index (χ4n) is 4.01. The van der Waals surface area contributed by atoms with Gasteiger partial charge in [0, 0.05) is 5.56 Å². The van der Waals surface area contributed by atoms with Crippen LogP contribution in [0.1, 0.15) is 23.1 Å². The van der Waals surface area contributed by atoms with Gasteiger partial charge in [0.05, 0.1) is 27.0 Å². The van der Waals surface area contributed by atoms with Crippen molar-refractivity contribution >= 4 is 23.3 Å². The van der Waals surface area contributed by atoms with Crippen molar-refractivity contribution in [2.45, 2.75) is 18.4 Å². The molecule has 160 valence electrons. The average molecular weight is 420 g/mol. The van der Waals surface area contributed by atoms with Crippen molar-refractivity contribution in [3.05, 3.63) is 53.1 Å². The van der Waals surface area contributed by atoms with Crippen LogP contribution in [0.15, 0.2) is 51.4 Å². The second-order valence-corrected chi connectivity index (χ2v) is 7.16. The Hall–Kier alpha value is -3.88. The molecule has 0 bridgehead atoms. The first-order valence-corrected chi connectivity index (χ1v) is 9.70. The van der Waals surface area contributed by atoms with Gasteiger partial charge in [-0.25, -0.2) is 9.98 Å². The molecule has 5 N–H and O–H groups in total. The lowest BCUT2D eigenvalue weighted by Crippen LogP contribution is -2.44. The normalized spacial score (nSPS) is 20.8. The quantitative estimate of drug-likeness (QED) is 0.501. The topological polar surface area (TPSA) is 141 Å². The summed E-state index contributed by atoms with van der Waals surface area (Å²) in [6.07, 6.45) is 1.64. The summed E-state index contributed by atoms with van der Waals surface area (Å²) in [5.74, 6) is 1.18. The van der Waals surface area contributed by atoms with Crippen LogP contribution >= 0.6 is 0 Å². The number of nitrogens with zero attached hydrogens (tertiary/aromatic N) is 3. The van der Waals surface area contributed by atoms with E-state index < -0.39 is 5.54 Å². The molecule has 0 radical (unpaired) electrons. The third kappa shape index (κ3) is 3.18. The largest absolute Gasteiger partial charge is 0.493 e. The predicted molar refractivity (Wildman–Crippen MR) is 120 cm³/mol. The zero-order valence-corrected chi connectivity index (χ0v) is 17.6. The first-order valence-electron chi connectivity index (χ1n) is 9.70. The standard InChI is InChI=1S/C22H24N6O3/c1-29-16-10-13(11-17(30-2)18(16)31-3)22(19(23)24)20(27-21(25)28-22)26-15-9-8-12-6-4-5-7-14(12)15/h4-7,10-11H,8-9H2,1-3H3,(H3,23,24)(H2,25,28). The Morgan fingerprint density at radius 1 is 1.06 bits per heavy atom. The van der Waals surface area contributed by atoms with Crippen molar-refractivity contribution in [1.82, 2.24) is 0 Å². The number of rotatable bonds is 5. The highest BCUT2D eigenvalue weighted by Gasteiger charge is 2.47. The van der Waals surface area contributed by atoms with Crippen molar-refractivity contribution in [2.24, 2.45) is 26.4 Å². The summed E-state index contributed by atoms with van der Waals surface area (Å²) in [6, 6.07) is 11.4. The van der Waals surface area contributed by atoms with Crippen molar-refractivity contribution < 1.29 is 14.2 Å². The van der Waals surface area contributed by atoms with Crippen LogP contribution < -0.4 is 25.7 Å². The van der Waals surface area contributed by atoms with E-state index in [1.165, 1.54) is 26.9 Å². The lowest BCUT2D eigenvalue weighted by molar-refractivity contribution is 0.323. The van der Waals surface area contributed by atoms with Crippen molar-refractivity contribution in [3.8, 4) is 17.2 Å². The number of nitrogens with one attached hydrogen (secondary N) is 1. The molecule has 0 aromatic heterocycles. The predicted octanol–water partition coefficient (Wildman–Crippen LogP) is 2.01. The highest BCUT2D eigenvalue weighted by molar-refractivity contribution is 6.24. The molecule has 1 aliphatic heterocycles. The van der Waals surface area contributed by atoms with Gasteiger partial charge in [0.25, 0.3) is 0 Å². The highest BCUT2D eigenvalue weighted by atomic mass is 16.5. The number of fused-ring (bicyclic) bond motifs is 1. The number of nitrogens with two attached hydrogens (primary N) is 2. The number of hydrogen-bond donors (Lipinski definition) is 3. The number of aryl methyl sites for hydroxylation is 1. The Balaban J connectivity index is 1.91. The maximum atomic E-state index is 8.42. The molecule has 2 aromatic carbocycles. The van der Waals surface area contributed by atoms with E-state index in [9.17, 15) is 0 Å². The molecule has 2 aromatic rings. The van der Waals surface area contributed by atoms with Gasteiger partial charge in [-0.05, 0) is 36.1 Å². The van der Waals surface area contributed by atoms with E-state index in [1.54, 1.807) is 12.1 Å². The zero-order chi connectivity index (χ0) is 22.2. The van der Waals surface area contributed by atoms with Crippen molar-refractivity contribution in [1.29, 1.82) is 5.41 Å². The fourth-order valence-corrected chi connectivity index (χ4v) is 4.01. The van der Waals surface area contributed by atoms with Crippen LogP contribution in [-0.4, -0.2) is 44.7 Å². The van der Waals surface area contributed by atoms with Crippen LogP contribution in [0.5, 0.6) is 17.2 Å². The number of amidine groups is 2. The van der Waals surface area contributed by atoms with Crippen LogP contribution in [0.4, 0.5) is 0 Å². The Labute approximate surface area is 180 Å². The average Bonchev–Trinajstić information content (AvgIpc) is 3.34. The van der Waals surface area contributed by atoms with Gasteiger partial charge in [-0.15, -0.1) is 0 Å². The molecule has 0 spiro atoms. The molecule has 9 heteroatoms. The molecular formula is C22H24N6O3. The van der Waals surface area contributed by atoms with Crippen LogP contribution in [0.25, 0.3) is 0 Å². The highest BCUT2D eigenvalue weighted by Crippen LogP contribution is 2.43. The van der Waals surface area contributed by atoms with E-state index in [4.69, 9.17) is 36.1 Å². The lowest BCUT2D eigenvalue weighted by Gasteiger charge is -2.27. The Kier molecular flexibility index (Phi) is 5.10. The van der Waals surface area contributed by atoms with Gasteiger partial charge in [-0.1, -0.05) is 24.3 Å². The Morgan fingerprint density at radius 2 is 1.74 bits per heavy atom. The minimum atomic E-state index is -1.50. The molecule has 0 saturated heterocycles. The maximum absolute atomic E-state index is 8.42. The SMILES string of the molecule is COc1cc(C2(C(=N)N)N=C(N)N=C2N=C2CCc3ccccc32)cc(OC)c1OC. The molecule has 31 heavy (non-hydrogen) atoms. The van der Waals surface area contributed by atoms with E-state index >= 15 is 0 Å². The van der Waals surface area contributed by atoms with Gasteiger partial charge < -0.3 is 25.7 Å². The summed E-state index contributed by atoms with van der Waals surface area (Å²) >= 11 is 0. The number of aliphatic imine (C=N–C) groups is 3. The molecule has 1 unspecified atom stereocenters. The minimum Gasteiger partial charge on any atom is -0.493 e. The monoisotopic (exact) mass is 420 g/mol. The third-order valence-electron chi connectivity index (χ3n) is 5.50. The molecule has 4 rings (SSSR count). The summed E-state index contributed by atoms with van der Waals surface area (Å²) in [7, 11) is 4.54. The molecule has 1 aliphatic carbocycles. The number of benzene rings is 2. The second kappa shape index (κ2) is 7.75. The molecule has 1 heterocycles. The van der Waals surface area contributed by atoms with Gasteiger partial charge in [0.2, 0.25) is 17.2 Å². The minimum absolute atomic E-state index is 0.00501. The summed E-state index contributed by atoms with van der Waals surface area (Å²) in [4.78, 5) is 13.6. The van der Waals surface area contributed by atoms with Gasteiger partial charge in [0.1, 0.15) is 5.84 Å². The number of hydrogen-bond acceptors (Lipinski definition) is 8. The molecule has 0 amide bonds. The number of ether oxygens (including phenoxy) is 3. The number of guanidine groups is 1. The molecule has 1 atom stereocenters. The Bertz CT molecular complexity index is 1130. The molecular weight excluding hydrogens is 396 g/mol. The first-order chi connectivity index (χ1) is 14.9. The Morgan fingerprint density at radius 3 is 2.35 bits per heavy atom. The van der Waals surface area contributed by atoms with E-state index in [1.807, 2.05) is 18.2 Å². The van der Waals surface area contributed by atoms with E-state index in [2.05, 4.69) is 16.1 Å². The number of methoxy groups -OCH3 is 3. The first kappa shape index (κ1) is 20.4. The van der Waals surface area contributed by atoms with Crippen LogP contribution in [0, 0.1) is 5.41 Å². The summed E-state index contributed by atoms with van der Waals surface area (Å²) in [6.45, 7) is 0. The van der Waals surface area contributed by atoms with Crippen LogP contribution in [0.2, 0.25) is 0 Å². The summed E-state index contributed by atoms with van der Waals surface area (Å²) in [5.41, 5.74) is 14.2. The zero-order valence-electron chi connectivity index (χ0n) is 17.6. The van der Waals surface area contributed by atoms with E-state index in [0.29, 0.717) is 22.8 Å².